The van der Waals surface area contributed by atoms with E-state index in [9.17, 15) is 45.3 Å². The summed E-state index contributed by atoms with van der Waals surface area (Å²) < 4.78 is 27.3. The van der Waals surface area contributed by atoms with Gasteiger partial charge in [0.05, 0.1) is 13.0 Å². The van der Waals surface area contributed by atoms with Gasteiger partial charge in [-0.05, 0) is 24.6 Å². The normalized spacial score (nSPS) is 23.2. The summed E-state index contributed by atoms with van der Waals surface area (Å²) in [5.41, 5.74) is -1.38. The quantitative estimate of drug-likeness (QED) is 0.147. The van der Waals surface area contributed by atoms with E-state index in [4.69, 9.17) is 23.4 Å². The fraction of sp³-hybridized carbons (Fsp3) is 0.407. The number of esters is 1. The molecule has 0 aliphatic carbocycles. The Kier molecular flexibility index (Phi) is 8.49. The molecule has 222 valence electrons. The average Bonchev–Trinajstić information content (AvgIpc) is 2.95. The van der Waals surface area contributed by atoms with Crippen LogP contribution in [-0.4, -0.2) is 86.1 Å². The van der Waals surface area contributed by atoms with Crippen LogP contribution in [0.3, 0.4) is 0 Å². The number of aromatic hydroxyl groups is 4. The Bertz CT molecular complexity index is 1500. The molecule has 3 aromatic rings. The van der Waals surface area contributed by atoms with Crippen LogP contribution in [0.1, 0.15) is 20.3 Å². The van der Waals surface area contributed by atoms with E-state index in [1.54, 1.807) is 13.8 Å². The summed E-state index contributed by atoms with van der Waals surface area (Å²) in [6.07, 6.45) is -7.75. The summed E-state index contributed by atoms with van der Waals surface area (Å²) in [5.74, 6) is -4.87. The van der Waals surface area contributed by atoms with Crippen LogP contribution in [0.25, 0.3) is 22.3 Å². The smallest absolute Gasteiger partial charge is 0.308 e. The van der Waals surface area contributed by atoms with Crippen LogP contribution in [0.5, 0.6) is 34.5 Å². The second-order valence-corrected chi connectivity index (χ2v) is 9.51. The monoisotopic (exact) mass is 578 g/mol. The van der Waals surface area contributed by atoms with Crippen LogP contribution in [-0.2, 0) is 14.3 Å². The van der Waals surface area contributed by atoms with Gasteiger partial charge in [0.25, 0.3) is 0 Å². The molecule has 0 bridgehead atoms. The SMILES string of the molecule is CCC(C)C(=O)OC[C@H]1O[C@@H](Oc2cc3oc(-c4ccc(O)c(O)c4)c(O)c(=O)c3c(O)c2OC)[C@H](O)[C@@H](O)[C@@H]1O. The summed E-state index contributed by atoms with van der Waals surface area (Å²) in [5, 5.41) is 71.6. The highest BCUT2D eigenvalue weighted by Gasteiger charge is 2.46. The second-order valence-electron chi connectivity index (χ2n) is 9.51. The molecule has 7 N–H and O–H groups in total. The maximum Gasteiger partial charge on any atom is 0.308 e. The Morgan fingerprint density at radius 3 is 2.34 bits per heavy atom. The first-order chi connectivity index (χ1) is 19.4. The van der Waals surface area contributed by atoms with Crippen LogP contribution in [0, 0.1) is 5.92 Å². The molecule has 0 radical (unpaired) electrons. The van der Waals surface area contributed by atoms with Gasteiger partial charge in [0.15, 0.2) is 28.8 Å². The van der Waals surface area contributed by atoms with Crippen molar-refractivity contribution in [3.05, 3.63) is 34.5 Å². The highest BCUT2D eigenvalue weighted by atomic mass is 16.7. The molecule has 1 saturated heterocycles. The Morgan fingerprint density at radius 1 is 1.00 bits per heavy atom. The Labute approximate surface area is 232 Å². The topological polar surface area (TPSA) is 226 Å². The molecule has 1 aromatic heterocycles. The standard InChI is InChI=1S/C27H30O14/c1-4-10(2)26(36)38-9-16-18(30)21(33)23(35)27(41-16)40-15-8-14-17(20(32)25(15)37-3)19(31)22(34)24(39-14)11-5-6-12(28)13(29)7-11/h5-8,10,16,18,21,23,27-30,32-35H,4,9H2,1-3H3/t10?,16-,18-,21+,23-,27-/m1/s1. The van der Waals surface area contributed by atoms with Gasteiger partial charge >= 0.3 is 5.97 Å². The van der Waals surface area contributed by atoms with Crippen molar-refractivity contribution < 1.29 is 63.9 Å². The van der Waals surface area contributed by atoms with E-state index in [-0.39, 0.29) is 16.9 Å². The number of carbonyl (C=O) groups is 1. The molecule has 1 fully saturated rings. The number of hydrogen-bond acceptors (Lipinski definition) is 14. The lowest BCUT2D eigenvalue weighted by molar-refractivity contribution is -0.279. The van der Waals surface area contributed by atoms with E-state index in [1.165, 1.54) is 6.07 Å². The second kappa shape index (κ2) is 11.7. The third-order valence-corrected chi connectivity index (χ3v) is 6.81. The number of ether oxygens (including phenoxy) is 4. The molecule has 1 aliphatic heterocycles. The molecule has 0 saturated carbocycles. The number of carbonyl (C=O) groups excluding carboxylic acids is 1. The van der Waals surface area contributed by atoms with Gasteiger partial charge in [0.2, 0.25) is 23.2 Å². The van der Waals surface area contributed by atoms with Gasteiger partial charge in [-0.2, -0.15) is 0 Å². The fourth-order valence-corrected chi connectivity index (χ4v) is 4.18. The van der Waals surface area contributed by atoms with E-state index in [2.05, 4.69) is 0 Å². The number of phenolic OH excluding ortho intramolecular Hbond substituents is 3. The van der Waals surface area contributed by atoms with Crippen LogP contribution in [0.4, 0.5) is 0 Å². The van der Waals surface area contributed by atoms with Crippen molar-refractivity contribution in [3.63, 3.8) is 0 Å². The molecule has 4 rings (SSSR count). The van der Waals surface area contributed by atoms with Crippen LogP contribution in [0.2, 0.25) is 0 Å². The molecule has 1 aliphatic rings. The number of phenols is 3. The van der Waals surface area contributed by atoms with Crippen molar-refractivity contribution in [2.75, 3.05) is 13.7 Å². The molecule has 2 aromatic carbocycles. The maximum atomic E-state index is 13.0. The number of benzene rings is 2. The van der Waals surface area contributed by atoms with E-state index in [0.717, 1.165) is 25.3 Å². The summed E-state index contributed by atoms with van der Waals surface area (Å²) >= 11 is 0. The highest BCUT2D eigenvalue weighted by Crippen LogP contribution is 2.45. The largest absolute Gasteiger partial charge is 0.504 e. The minimum absolute atomic E-state index is 0.00695. The third kappa shape index (κ3) is 5.54. The van der Waals surface area contributed by atoms with Crippen molar-refractivity contribution in [3.8, 4) is 45.8 Å². The van der Waals surface area contributed by atoms with E-state index in [0.29, 0.717) is 6.42 Å². The van der Waals surface area contributed by atoms with Gasteiger partial charge in [0.1, 0.15) is 42.0 Å². The molecular weight excluding hydrogens is 548 g/mol. The molecule has 0 spiro atoms. The van der Waals surface area contributed by atoms with E-state index < -0.39 is 94.5 Å². The first-order valence-electron chi connectivity index (χ1n) is 12.5. The lowest BCUT2D eigenvalue weighted by Gasteiger charge is -2.40. The molecule has 14 nitrogen and oxygen atoms in total. The summed E-state index contributed by atoms with van der Waals surface area (Å²) in [7, 11) is 1.14. The number of hydrogen-bond donors (Lipinski definition) is 7. The van der Waals surface area contributed by atoms with Crippen LogP contribution >= 0.6 is 0 Å². The van der Waals surface area contributed by atoms with Gasteiger partial charge in [-0.25, -0.2) is 0 Å². The molecule has 14 heteroatoms. The molecule has 6 atom stereocenters. The van der Waals surface area contributed by atoms with Crippen molar-refractivity contribution in [1.82, 2.24) is 0 Å². The van der Waals surface area contributed by atoms with Crippen molar-refractivity contribution in [2.45, 2.75) is 51.0 Å². The van der Waals surface area contributed by atoms with E-state index in [1.807, 2.05) is 0 Å². The number of aliphatic hydroxyl groups is 3. The molecule has 2 heterocycles. The first-order valence-corrected chi connectivity index (χ1v) is 12.5. The fourth-order valence-electron chi connectivity index (χ4n) is 4.18. The van der Waals surface area contributed by atoms with Crippen molar-refractivity contribution >= 4 is 16.9 Å². The van der Waals surface area contributed by atoms with Gasteiger partial charge in [0, 0.05) is 11.6 Å². The van der Waals surface area contributed by atoms with Crippen molar-refractivity contribution in [1.29, 1.82) is 0 Å². The zero-order valence-electron chi connectivity index (χ0n) is 22.2. The minimum atomic E-state index is -1.82. The Balaban J connectivity index is 1.72. The molecular formula is C27H30O14. The number of methoxy groups -OCH3 is 1. The van der Waals surface area contributed by atoms with Gasteiger partial charge < -0.3 is 59.1 Å². The predicted octanol–water partition coefficient (Wildman–Crippen LogP) is 1.07. The first kappa shape index (κ1) is 29.7. The zero-order valence-corrected chi connectivity index (χ0v) is 22.2. The highest BCUT2D eigenvalue weighted by molar-refractivity contribution is 5.91. The summed E-state index contributed by atoms with van der Waals surface area (Å²) in [4.78, 5) is 25.1. The maximum absolute atomic E-state index is 13.0. The van der Waals surface area contributed by atoms with Gasteiger partial charge in [-0.15, -0.1) is 0 Å². The number of rotatable bonds is 8. The summed E-state index contributed by atoms with van der Waals surface area (Å²) in [6, 6.07) is 4.48. The van der Waals surface area contributed by atoms with Gasteiger partial charge in [-0.3, -0.25) is 9.59 Å². The zero-order chi connectivity index (χ0) is 30.2. The average molecular weight is 579 g/mol. The lowest BCUT2D eigenvalue weighted by Crippen LogP contribution is -2.60. The van der Waals surface area contributed by atoms with Crippen LogP contribution in [0.15, 0.2) is 33.5 Å². The van der Waals surface area contributed by atoms with E-state index >= 15 is 0 Å². The predicted molar refractivity (Wildman–Crippen MR) is 139 cm³/mol. The molecule has 41 heavy (non-hydrogen) atoms. The molecule has 1 unspecified atom stereocenters. The van der Waals surface area contributed by atoms with Crippen LogP contribution < -0.4 is 14.9 Å². The minimum Gasteiger partial charge on any atom is -0.504 e. The third-order valence-electron chi connectivity index (χ3n) is 6.81. The van der Waals surface area contributed by atoms with Crippen molar-refractivity contribution in [2.24, 2.45) is 5.92 Å². The summed E-state index contributed by atoms with van der Waals surface area (Å²) in [6.45, 7) is 2.97. The lowest BCUT2D eigenvalue weighted by atomic mass is 9.99. The number of aliphatic hydroxyl groups excluding tert-OH is 3. The molecule has 0 amide bonds. The number of fused-ring (bicyclic) bond motifs is 1. The Morgan fingerprint density at radius 2 is 1.71 bits per heavy atom. The van der Waals surface area contributed by atoms with Gasteiger partial charge in [-0.1, -0.05) is 13.8 Å². The Hall–Kier alpha value is -4.24.